The standard InChI is InChI=1S/C12H17N5/c1-8(2)17(3)12-9-7-14-5-4-10(9)15-11(6-13)16-12/h8,14H,4-5,7H2,1-3H3. The fourth-order valence-corrected chi connectivity index (χ4v) is 1.91. The minimum atomic E-state index is 0.271. The Morgan fingerprint density at radius 3 is 2.82 bits per heavy atom. The number of nitriles is 1. The third-order valence-electron chi connectivity index (χ3n) is 3.12. The first-order chi connectivity index (χ1) is 8.13. The SMILES string of the molecule is CC(C)N(C)c1nc(C#N)nc2c1CNCC2. The second kappa shape index (κ2) is 4.68. The van der Waals surface area contributed by atoms with Gasteiger partial charge in [-0.1, -0.05) is 0 Å². The predicted molar refractivity (Wildman–Crippen MR) is 65.7 cm³/mol. The van der Waals surface area contributed by atoms with Crippen molar-refractivity contribution in [3.63, 3.8) is 0 Å². The summed E-state index contributed by atoms with van der Waals surface area (Å²) in [6, 6.07) is 2.39. The molecule has 0 fully saturated rings. The second-order valence-corrected chi connectivity index (χ2v) is 4.54. The highest BCUT2D eigenvalue weighted by Gasteiger charge is 2.20. The summed E-state index contributed by atoms with van der Waals surface area (Å²) in [5.41, 5.74) is 2.14. The molecule has 0 unspecified atom stereocenters. The van der Waals surface area contributed by atoms with E-state index >= 15 is 0 Å². The van der Waals surface area contributed by atoms with Crippen molar-refractivity contribution in [1.82, 2.24) is 15.3 Å². The molecule has 5 nitrogen and oxygen atoms in total. The lowest BCUT2D eigenvalue weighted by Gasteiger charge is -2.28. The summed E-state index contributed by atoms with van der Waals surface area (Å²) in [5.74, 6) is 1.15. The maximum atomic E-state index is 8.97. The Kier molecular flexibility index (Phi) is 3.25. The molecule has 0 radical (unpaired) electrons. The van der Waals surface area contributed by atoms with E-state index in [2.05, 4.69) is 34.0 Å². The van der Waals surface area contributed by atoms with Crippen LogP contribution in [0.25, 0.3) is 0 Å². The minimum absolute atomic E-state index is 0.271. The monoisotopic (exact) mass is 231 g/mol. The Bertz CT molecular complexity index is 461. The number of nitrogens with zero attached hydrogens (tertiary/aromatic N) is 4. The van der Waals surface area contributed by atoms with Crippen LogP contribution in [0.2, 0.25) is 0 Å². The smallest absolute Gasteiger partial charge is 0.234 e. The van der Waals surface area contributed by atoms with Gasteiger partial charge in [0, 0.05) is 38.2 Å². The fourth-order valence-electron chi connectivity index (χ4n) is 1.91. The van der Waals surface area contributed by atoms with Gasteiger partial charge in [-0.15, -0.1) is 0 Å². The van der Waals surface area contributed by atoms with E-state index < -0.39 is 0 Å². The van der Waals surface area contributed by atoms with Crippen molar-refractivity contribution < 1.29 is 0 Å². The van der Waals surface area contributed by atoms with E-state index in [0.717, 1.165) is 36.6 Å². The normalized spacial score (nSPS) is 14.3. The molecule has 0 atom stereocenters. The highest BCUT2D eigenvalue weighted by atomic mass is 15.2. The zero-order chi connectivity index (χ0) is 12.4. The number of aromatic nitrogens is 2. The van der Waals surface area contributed by atoms with Crippen molar-refractivity contribution in [3.05, 3.63) is 17.1 Å². The van der Waals surface area contributed by atoms with Crippen LogP contribution in [0.5, 0.6) is 0 Å². The molecule has 0 aliphatic carbocycles. The average Bonchev–Trinajstić information content (AvgIpc) is 2.36. The van der Waals surface area contributed by atoms with E-state index in [1.54, 1.807) is 0 Å². The van der Waals surface area contributed by atoms with E-state index in [-0.39, 0.29) is 5.82 Å². The first-order valence-corrected chi connectivity index (χ1v) is 5.87. The molecule has 0 aromatic carbocycles. The lowest BCUT2D eigenvalue weighted by Crippen LogP contribution is -2.32. The summed E-state index contributed by atoms with van der Waals surface area (Å²) in [6.07, 6.45) is 0.867. The Balaban J connectivity index is 2.52. The van der Waals surface area contributed by atoms with Crippen molar-refractivity contribution in [2.45, 2.75) is 32.9 Å². The van der Waals surface area contributed by atoms with Gasteiger partial charge in [-0.25, -0.2) is 9.97 Å². The van der Waals surface area contributed by atoms with E-state index in [1.165, 1.54) is 0 Å². The van der Waals surface area contributed by atoms with Gasteiger partial charge in [0.2, 0.25) is 5.82 Å². The molecule has 0 saturated carbocycles. The third kappa shape index (κ3) is 2.22. The zero-order valence-corrected chi connectivity index (χ0v) is 10.5. The average molecular weight is 231 g/mol. The molecule has 1 aromatic heterocycles. The lowest BCUT2D eigenvalue weighted by atomic mass is 10.1. The second-order valence-electron chi connectivity index (χ2n) is 4.54. The van der Waals surface area contributed by atoms with Gasteiger partial charge in [-0.05, 0) is 13.8 Å². The van der Waals surface area contributed by atoms with Crippen LogP contribution < -0.4 is 10.2 Å². The van der Waals surface area contributed by atoms with Gasteiger partial charge >= 0.3 is 0 Å². The highest BCUT2D eigenvalue weighted by molar-refractivity contribution is 5.51. The van der Waals surface area contributed by atoms with Crippen LogP contribution in [-0.2, 0) is 13.0 Å². The molecule has 0 amide bonds. The molecule has 2 heterocycles. The molecular weight excluding hydrogens is 214 g/mol. The molecular formula is C12H17N5. The number of fused-ring (bicyclic) bond motifs is 1. The quantitative estimate of drug-likeness (QED) is 0.817. The summed E-state index contributed by atoms with van der Waals surface area (Å²) in [5, 5.41) is 12.3. The van der Waals surface area contributed by atoms with Crippen LogP contribution in [0, 0.1) is 11.3 Å². The molecule has 17 heavy (non-hydrogen) atoms. The molecule has 0 saturated heterocycles. The summed E-state index contributed by atoms with van der Waals surface area (Å²) in [4.78, 5) is 10.7. The molecule has 0 spiro atoms. The van der Waals surface area contributed by atoms with E-state index in [4.69, 9.17) is 5.26 Å². The number of anilines is 1. The van der Waals surface area contributed by atoms with E-state index in [0.29, 0.717) is 6.04 Å². The zero-order valence-electron chi connectivity index (χ0n) is 10.5. The summed E-state index contributed by atoms with van der Waals surface area (Å²) >= 11 is 0. The van der Waals surface area contributed by atoms with Crippen molar-refractivity contribution in [2.75, 3.05) is 18.5 Å². The molecule has 1 aliphatic rings. The molecule has 2 rings (SSSR count). The van der Waals surface area contributed by atoms with E-state index in [1.807, 2.05) is 13.1 Å². The Morgan fingerprint density at radius 1 is 1.41 bits per heavy atom. The van der Waals surface area contributed by atoms with Gasteiger partial charge < -0.3 is 10.2 Å². The van der Waals surface area contributed by atoms with Crippen molar-refractivity contribution in [2.24, 2.45) is 0 Å². The Labute approximate surface area is 101 Å². The first-order valence-electron chi connectivity index (χ1n) is 5.87. The number of hydrogen-bond acceptors (Lipinski definition) is 5. The van der Waals surface area contributed by atoms with Crippen molar-refractivity contribution in [3.8, 4) is 6.07 Å². The van der Waals surface area contributed by atoms with Crippen LogP contribution in [0.4, 0.5) is 5.82 Å². The van der Waals surface area contributed by atoms with Crippen LogP contribution >= 0.6 is 0 Å². The predicted octanol–water partition coefficient (Wildman–Crippen LogP) is 0.839. The number of hydrogen-bond donors (Lipinski definition) is 1. The Hall–Kier alpha value is -1.67. The maximum Gasteiger partial charge on any atom is 0.234 e. The largest absolute Gasteiger partial charge is 0.357 e. The van der Waals surface area contributed by atoms with Crippen LogP contribution in [0.3, 0.4) is 0 Å². The number of rotatable bonds is 2. The first kappa shape index (κ1) is 11.8. The molecule has 90 valence electrons. The van der Waals surface area contributed by atoms with Gasteiger partial charge in [0.1, 0.15) is 11.9 Å². The molecule has 1 N–H and O–H groups in total. The van der Waals surface area contributed by atoms with Gasteiger partial charge in [-0.2, -0.15) is 5.26 Å². The fraction of sp³-hybridized carbons (Fsp3) is 0.583. The van der Waals surface area contributed by atoms with Gasteiger partial charge in [-0.3, -0.25) is 0 Å². The summed E-state index contributed by atoms with van der Waals surface area (Å²) < 4.78 is 0. The third-order valence-corrected chi connectivity index (χ3v) is 3.12. The minimum Gasteiger partial charge on any atom is -0.357 e. The highest BCUT2D eigenvalue weighted by Crippen LogP contribution is 2.23. The topological polar surface area (TPSA) is 64.8 Å². The molecule has 0 bridgehead atoms. The van der Waals surface area contributed by atoms with Crippen LogP contribution in [0.15, 0.2) is 0 Å². The molecule has 1 aliphatic heterocycles. The van der Waals surface area contributed by atoms with Crippen molar-refractivity contribution in [1.29, 1.82) is 5.26 Å². The van der Waals surface area contributed by atoms with E-state index in [9.17, 15) is 0 Å². The number of nitrogens with one attached hydrogen (secondary N) is 1. The lowest BCUT2D eigenvalue weighted by molar-refractivity contribution is 0.616. The summed E-state index contributed by atoms with van der Waals surface area (Å²) in [7, 11) is 2.00. The summed E-state index contributed by atoms with van der Waals surface area (Å²) in [6.45, 7) is 5.92. The maximum absolute atomic E-state index is 8.97. The van der Waals surface area contributed by atoms with Gasteiger partial charge in [0.15, 0.2) is 0 Å². The van der Waals surface area contributed by atoms with Crippen LogP contribution in [0.1, 0.15) is 30.9 Å². The molecule has 5 heteroatoms. The Morgan fingerprint density at radius 2 is 2.18 bits per heavy atom. The van der Waals surface area contributed by atoms with Gasteiger partial charge in [0.25, 0.3) is 0 Å². The van der Waals surface area contributed by atoms with Gasteiger partial charge in [0.05, 0.1) is 5.69 Å². The van der Waals surface area contributed by atoms with Crippen LogP contribution in [-0.4, -0.2) is 29.6 Å². The van der Waals surface area contributed by atoms with Crippen molar-refractivity contribution >= 4 is 5.82 Å². The molecule has 1 aromatic rings.